The molecular weight excluding hydrogens is 246 g/mol. The van der Waals surface area contributed by atoms with Crippen LogP contribution in [0.1, 0.15) is 34.1 Å². The van der Waals surface area contributed by atoms with Crippen molar-refractivity contribution in [2.75, 3.05) is 26.2 Å². The Labute approximate surface area is 114 Å². The minimum atomic E-state index is -1.23. The number of aliphatic carboxylic acids is 1. The first kappa shape index (κ1) is 15.8. The van der Waals surface area contributed by atoms with Gasteiger partial charge in [0, 0.05) is 32.2 Å². The molecule has 1 heterocycles. The largest absolute Gasteiger partial charge is 0.480 e. The first-order valence-electron chi connectivity index (χ1n) is 6.82. The maximum absolute atomic E-state index is 12.0. The lowest BCUT2D eigenvalue weighted by atomic mass is 10.1. The highest BCUT2D eigenvalue weighted by Gasteiger charge is 2.32. The molecule has 2 N–H and O–H groups in total. The minimum Gasteiger partial charge on any atom is -0.480 e. The van der Waals surface area contributed by atoms with E-state index in [0.29, 0.717) is 19.1 Å². The molecule has 0 aliphatic carbocycles. The summed E-state index contributed by atoms with van der Waals surface area (Å²) in [6.07, 6.45) is 1.10. The number of carbonyl (C=O) groups is 2. The van der Waals surface area contributed by atoms with Gasteiger partial charge >= 0.3 is 12.0 Å². The third kappa shape index (κ3) is 4.09. The molecular formula is C13H25N3O3. The van der Waals surface area contributed by atoms with E-state index in [1.807, 2.05) is 0 Å². The molecule has 6 nitrogen and oxygen atoms in total. The Kier molecular flexibility index (Phi) is 5.17. The van der Waals surface area contributed by atoms with Crippen molar-refractivity contribution in [3.8, 4) is 0 Å². The Bertz CT molecular complexity index is 336. The summed E-state index contributed by atoms with van der Waals surface area (Å²) in [5, 5.41) is 11.5. The molecule has 0 bridgehead atoms. The third-order valence-corrected chi connectivity index (χ3v) is 3.77. The van der Waals surface area contributed by atoms with E-state index in [0.717, 1.165) is 19.5 Å². The molecule has 0 aromatic rings. The Balaban J connectivity index is 2.47. The molecule has 1 atom stereocenters. The normalized spacial score (nSPS) is 19.1. The zero-order chi connectivity index (χ0) is 14.6. The van der Waals surface area contributed by atoms with Crippen molar-refractivity contribution in [1.29, 1.82) is 0 Å². The molecule has 1 unspecified atom stereocenters. The van der Waals surface area contributed by atoms with Crippen LogP contribution in [0, 0.1) is 0 Å². The molecule has 0 saturated carbocycles. The number of nitrogens with zero attached hydrogens (tertiary/aromatic N) is 2. The molecule has 6 heteroatoms. The van der Waals surface area contributed by atoms with Gasteiger partial charge in [0.05, 0.1) is 0 Å². The molecule has 1 saturated heterocycles. The molecule has 1 rings (SSSR count). The zero-order valence-electron chi connectivity index (χ0n) is 12.3. The van der Waals surface area contributed by atoms with Crippen molar-refractivity contribution in [3.05, 3.63) is 0 Å². The summed E-state index contributed by atoms with van der Waals surface area (Å²) in [5.41, 5.74) is -1.23. The topological polar surface area (TPSA) is 72.9 Å². The maximum atomic E-state index is 12.0. The van der Waals surface area contributed by atoms with Crippen molar-refractivity contribution in [1.82, 2.24) is 15.1 Å². The molecule has 0 radical (unpaired) electrons. The smallest absolute Gasteiger partial charge is 0.328 e. The van der Waals surface area contributed by atoms with Crippen LogP contribution in [0.2, 0.25) is 0 Å². The Morgan fingerprint density at radius 3 is 2.21 bits per heavy atom. The summed E-state index contributed by atoms with van der Waals surface area (Å²) in [4.78, 5) is 27.0. The van der Waals surface area contributed by atoms with Gasteiger partial charge in [0.25, 0.3) is 0 Å². The second-order valence-electron chi connectivity index (χ2n) is 5.64. The fourth-order valence-electron chi connectivity index (χ4n) is 2.02. The van der Waals surface area contributed by atoms with Gasteiger partial charge in [0.15, 0.2) is 0 Å². The standard InChI is InChI=1S/C13H25N3O3/c1-5-10(2)15-6-8-16(9-7-15)12(19)14-13(3,4)11(17)18/h10H,5-9H2,1-4H3,(H,14,19)(H,17,18). The number of piperazine rings is 1. The van der Waals surface area contributed by atoms with E-state index in [1.165, 1.54) is 13.8 Å². The number of amides is 2. The third-order valence-electron chi connectivity index (χ3n) is 3.77. The molecule has 1 aliphatic heterocycles. The van der Waals surface area contributed by atoms with E-state index in [1.54, 1.807) is 4.90 Å². The summed E-state index contributed by atoms with van der Waals surface area (Å²) in [6.45, 7) is 10.3. The molecule has 2 amide bonds. The van der Waals surface area contributed by atoms with Crippen LogP contribution in [0.15, 0.2) is 0 Å². The molecule has 19 heavy (non-hydrogen) atoms. The lowest BCUT2D eigenvalue weighted by Gasteiger charge is -2.38. The van der Waals surface area contributed by atoms with Crippen LogP contribution < -0.4 is 5.32 Å². The van der Waals surface area contributed by atoms with E-state index in [9.17, 15) is 9.59 Å². The SMILES string of the molecule is CCC(C)N1CCN(C(=O)NC(C)(C)C(=O)O)CC1. The van der Waals surface area contributed by atoms with Crippen LogP contribution in [-0.4, -0.2) is 64.7 Å². The predicted molar refractivity (Wildman–Crippen MR) is 73.1 cm³/mol. The van der Waals surface area contributed by atoms with Crippen molar-refractivity contribution < 1.29 is 14.7 Å². The first-order chi connectivity index (χ1) is 8.77. The average Bonchev–Trinajstić information content (AvgIpc) is 2.37. The van der Waals surface area contributed by atoms with Crippen LogP contribution in [-0.2, 0) is 4.79 Å². The van der Waals surface area contributed by atoms with Crippen LogP contribution in [0.3, 0.4) is 0 Å². The van der Waals surface area contributed by atoms with Gasteiger partial charge in [-0.15, -0.1) is 0 Å². The van der Waals surface area contributed by atoms with Crippen LogP contribution in [0.5, 0.6) is 0 Å². The van der Waals surface area contributed by atoms with E-state index < -0.39 is 11.5 Å². The highest BCUT2D eigenvalue weighted by Crippen LogP contribution is 2.10. The molecule has 0 aromatic heterocycles. The summed E-state index contributed by atoms with van der Waals surface area (Å²) < 4.78 is 0. The van der Waals surface area contributed by atoms with Gasteiger partial charge in [-0.3, -0.25) is 4.90 Å². The number of carbonyl (C=O) groups excluding carboxylic acids is 1. The van der Waals surface area contributed by atoms with Crippen molar-refractivity contribution >= 4 is 12.0 Å². The molecule has 110 valence electrons. The van der Waals surface area contributed by atoms with E-state index in [2.05, 4.69) is 24.1 Å². The quantitative estimate of drug-likeness (QED) is 0.799. The molecule has 1 aliphatic rings. The molecule has 1 fully saturated rings. The summed E-state index contributed by atoms with van der Waals surface area (Å²) in [6, 6.07) is 0.233. The predicted octanol–water partition coefficient (Wildman–Crippen LogP) is 0.975. The first-order valence-corrected chi connectivity index (χ1v) is 6.82. The van der Waals surface area contributed by atoms with Gasteiger partial charge in [0.2, 0.25) is 0 Å². The maximum Gasteiger partial charge on any atom is 0.328 e. The van der Waals surface area contributed by atoms with E-state index in [4.69, 9.17) is 5.11 Å². The number of hydrogen-bond donors (Lipinski definition) is 2. The molecule has 0 aromatic carbocycles. The van der Waals surface area contributed by atoms with Gasteiger partial charge in [-0.1, -0.05) is 6.92 Å². The number of rotatable bonds is 4. The monoisotopic (exact) mass is 271 g/mol. The van der Waals surface area contributed by atoms with Crippen molar-refractivity contribution in [3.63, 3.8) is 0 Å². The van der Waals surface area contributed by atoms with Crippen LogP contribution in [0.4, 0.5) is 4.79 Å². The van der Waals surface area contributed by atoms with Crippen molar-refractivity contribution in [2.45, 2.75) is 45.7 Å². The second kappa shape index (κ2) is 6.23. The van der Waals surface area contributed by atoms with Crippen LogP contribution in [0.25, 0.3) is 0 Å². The fourth-order valence-corrected chi connectivity index (χ4v) is 2.02. The number of carboxylic acid groups (broad SMARTS) is 1. The van der Waals surface area contributed by atoms with Gasteiger partial charge < -0.3 is 15.3 Å². The fraction of sp³-hybridized carbons (Fsp3) is 0.846. The highest BCUT2D eigenvalue weighted by molar-refractivity contribution is 5.85. The van der Waals surface area contributed by atoms with Gasteiger partial charge in [-0.2, -0.15) is 0 Å². The Hall–Kier alpha value is -1.30. The zero-order valence-corrected chi connectivity index (χ0v) is 12.3. The minimum absolute atomic E-state index is 0.295. The van der Waals surface area contributed by atoms with Gasteiger partial charge in [-0.25, -0.2) is 9.59 Å². The lowest BCUT2D eigenvalue weighted by molar-refractivity contribution is -0.143. The Morgan fingerprint density at radius 1 is 1.26 bits per heavy atom. The van der Waals surface area contributed by atoms with Gasteiger partial charge in [0.1, 0.15) is 5.54 Å². The summed E-state index contributed by atoms with van der Waals surface area (Å²) >= 11 is 0. The second-order valence-corrected chi connectivity index (χ2v) is 5.64. The lowest BCUT2D eigenvalue weighted by Crippen LogP contribution is -2.58. The number of urea groups is 1. The summed E-state index contributed by atoms with van der Waals surface area (Å²) in [5.74, 6) is -1.03. The molecule has 0 spiro atoms. The average molecular weight is 271 g/mol. The van der Waals surface area contributed by atoms with Crippen LogP contribution >= 0.6 is 0 Å². The number of carboxylic acids is 1. The summed E-state index contributed by atoms with van der Waals surface area (Å²) in [7, 11) is 0. The van der Waals surface area contributed by atoms with E-state index in [-0.39, 0.29) is 6.03 Å². The van der Waals surface area contributed by atoms with Gasteiger partial charge in [-0.05, 0) is 27.2 Å². The Morgan fingerprint density at radius 2 is 1.79 bits per heavy atom. The highest BCUT2D eigenvalue weighted by atomic mass is 16.4. The van der Waals surface area contributed by atoms with Crippen molar-refractivity contribution in [2.24, 2.45) is 0 Å². The van der Waals surface area contributed by atoms with E-state index >= 15 is 0 Å². The number of nitrogens with one attached hydrogen (secondary N) is 1. The number of hydrogen-bond acceptors (Lipinski definition) is 3.